The Morgan fingerprint density at radius 3 is 2.95 bits per heavy atom. The third-order valence-corrected chi connectivity index (χ3v) is 4.66. The zero-order chi connectivity index (χ0) is 13.9. The molecule has 1 saturated carbocycles. The lowest BCUT2D eigenvalue weighted by Crippen LogP contribution is -2.34. The lowest BCUT2D eigenvalue weighted by Gasteiger charge is -2.27. The summed E-state index contributed by atoms with van der Waals surface area (Å²) >= 11 is 1.41. The van der Waals surface area contributed by atoms with Crippen LogP contribution in [-0.2, 0) is 11.8 Å². The lowest BCUT2D eigenvalue weighted by molar-refractivity contribution is -0.127. The lowest BCUT2D eigenvalue weighted by atomic mass is 10.0. The van der Waals surface area contributed by atoms with Crippen molar-refractivity contribution in [2.24, 2.45) is 7.05 Å². The van der Waals surface area contributed by atoms with E-state index >= 15 is 0 Å². The van der Waals surface area contributed by atoms with Crippen molar-refractivity contribution >= 4 is 17.7 Å². The average Bonchev–Trinajstić information content (AvgIpc) is 3.20. The number of aromatic nitrogens is 4. The Morgan fingerprint density at radius 2 is 2.35 bits per heavy atom. The van der Waals surface area contributed by atoms with Gasteiger partial charge < -0.3 is 4.90 Å². The summed E-state index contributed by atoms with van der Waals surface area (Å²) in [6.07, 6.45) is 9.11. The minimum atomic E-state index is 0.189. The molecule has 0 radical (unpaired) electrons. The molecule has 3 rings (SSSR count). The number of hydrogen-bond acceptors (Lipinski definition) is 5. The average molecular weight is 293 g/mol. The fourth-order valence-electron chi connectivity index (χ4n) is 2.51. The zero-order valence-corrected chi connectivity index (χ0v) is 12.5. The second-order valence-electron chi connectivity index (χ2n) is 5.31. The highest BCUT2D eigenvalue weighted by Crippen LogP contribution is 2.34. The molecule has 108 valence electrons. The van der Waals surface area contributed by atoms with Gasteiger partial charge in [-0.2, -0.15) is 0 Å². The molecule has 1 heterocycles. The Hall–Kier alpha value is -1.37. The van der Waals surface area contributed by atoms with Crippen LogP contribution in [0, 0.1) is 0 Å². The minimum absolute atomic E-state index is 0.189. The molecule has 0 saturated heterocycles. The van der Waals surface area contributed by atoms with Gasteiger partial charge in [-0.1, -0.05) is 17.8 Å². The first-order valence-corrected chi connectivity index (χ1v) is 8.10. The summed E-state index contributed by atoms with van der Waals surface area (Å²) in [5.41, 5.74) is 1.24. The molecule has 0 unspecified atom stereocenters. The smallest absolute Gasteiger partial charge is 0.237 e. The standard InChI is InChI=1S/C13H19N5OS/c1-17-13(14-15-16-17)20-9-12(19)18(11-7-8-11)10-5-3-2-4-6-10/h5,11H,2-4,6-9H2,1H3. The molecule has 0 atom stereocenters. The van der Waals surface area contributed by atoms with Crippen molar-refractivity contribution < 1.29 is 4.79 Å². The van der Waals surface area contributed by atoms with Crippen LogP contribution in [0.1, 0.15) is 38.5 Å². The van der Waals surface area contributed by atoms with Crippen LogP contribution in [0.4, 0.5) is 0 Å². The van der Waals surface area contributed by atoms with Gasteiger partial charge in [0.15, 0.2) is 0 Å². The normalized spacial score (nSPS) is 18.8. The van der Waals surface area contributed by atoms with E-state index in [9.17, 15) is 4.79 Å². The summed E-state index contributed by atoms with van der Waals surface area (Å²) in [5, 5.41) is 11.9. The Morgan fingerprint density at radius 1 is 1.50 bits per heavy atom. The number of tetrazole rings is 1. The van der Waals surface area contributed by atoms with Crippen LogP contribution in [0.5, 0.6) is 0 Å². The van der Waals surface area contributed by atoms with E-state index in [4.69, 9.17) is 0 Å². The van der Waals surface area contributed by atoms with Crippen molar-refractivity contribution in [3.63, 3.8) is 0 Å². The molecule has 6 nitrogen and oxygen atoms in total. The van der Waals surface area contributed by atoms with Crippen LogP contribution in [-0.4, -0.2) is 42.8 Å². The molecular weight excluding hydrogens is 274 g/mol. The quantitative estimate of drug-likeness (QED) is 0.774. The summed E-state index contributed by atoms with van der Waals surface area (Å²) in [4.78, 5) is 14.6. The maximum absolute atomic E-state index is 12.5. The SMILES string of the molecule is Cn1nnnc1SCC(=O)N(C1=CCCCC1)C1CC1. The molecule has 1 aromatic heterocycles. The number of thioether (sulfide) groups is 1. The highest BCUT2D eigenvalue weighted by molar-refractivity contribution is 7.99. The van der Waals surface area contributed by atoms with E-state index in [-0.39, 0.29) is 5.91 Å². The van der Waals surface area contributed by atoms with E-state index < -0.39 is 0 Å². The van der Waals surface area contributed by atoms with E-state index in [2.05, 4.69) is 21.6 Å². The summed E-state index contributed by atoms with van der Waals surface area (Å²) in [6.45, 7) is 0. The van der Waals surface area contributed by atoms with Crippen LogP contribution in [0.15, 0.2) is 16.9 Å². The predicted molar refractivity (Wildman–Crippen MR) is 75.9 cm³/mol. The van der Waals surface area contributed by atoms with Crippen molar-refractivity contribution in [2.75, 3.05) is 5.75 Å². The van der Waals surface area contributed by atoms with Gasteiger partial charge in [0.2, 0.25) is 11.1 Å². The second-order valence-corrected chi connectivity index (χ2v) is 6.25. The van der Waals surface area contributed by atoms with Gasteiger partial charge in [0.1, 0.15) is 0 Å². The Kier molecular flexibility index (Phi) is 4.05. The molecule has 0 aliphatic heterocycles. The number of aryl methyl sites for hydroxylation is 1. The second kappa shape index (κ2) is 5.95. The van der Waals surface area contributed by atoms with Crippen LogP contribution in [0.2, 0.25) is 0 Å². The molecule has 0 spiro atoms. The number of carbonyl (C=O) groups excluding carboxylic acids is 1. The first-order chi connectivity index (χ1) is 9.75. The molecule has 2 aliphatic rings. The van der Waals surface area contributed by atoms with Gasteiger partial charge in [-0.15, -0.1) is 5.10 Å². The highest BCUT2D eigenvalue weighted by Gasteiger charge is 2.34. The van der Waals surface area contributed by atoms with Crippen LogP contribution < -0.4 is 0 Å². The van der Waals surface area contributed by atoms with Crippen molar-refractivity contribution in [3.8, 4) is 0 Å². The Balaban J connectivity index is 1.64. The molecule has 0 bridgehead atoms. The topological polar surface area (TPSA) is 63.9 Å². The van der Waals surface area contributed by atoms with Gasteiger partial charge >= 0.3 is 0 Å². The van der Waals surface area contributed by atoms with E-state index in [1.165, 1.54) is 30.3 Å². The largest absolute Gasteiger partial charge is 0.313 e. The summed E-state index contributed by atoms with van der Waals surface area (Å²) in [6, 6.07) is 0.435. The van der Waals surface area contributed by atoms with E-state index in [0.717, 1.165) is 25.7 Å². The molecular formula is C13H19N5OS. The minimum Gasteiger partial charge on any atom is -0.313 e. The highest BCUT2D eigenvalue weighted by atomic mass is 32.2. The number of allylic oxidation sites excluding steroid dienone is 2. The summed E-state index contributed by atoms with van der Waals surface area (Å²) < 4.78 is 1.60. The fraction of sp³-hybridized carbons (Fsp3) is 0.692. The molecule has 1 aromatic rings. The molecule has 2 aliphatic carbocycles. The Labute approximate surface area is 122 Å². The van der Waals surface area contributed by atoms with Crippen molar-refractivity contribution in [3.05, 3.63) is 11.8 Å². The molecule has 0 N–H and O–H groups in total. The molecule has 1 fully saturated rings. The fourth-order valence-corrected chi connectivity index (χ4v) is 3.22. The van der Waals surface area contributed by atoms with Crippen LogP contribution in [0.25, 0.3) is 0 Å². The van der Waals surface area contributed by atoms with Gasteiger partial charge in [0, 0.05) is 18.8 Å². The predicted octanol–water partition coefficient (Wildman–Crippen LogP) is 1.75. The van der Waals surface area contributed by atoms with Crippen molar-refractivity contribution in [1.82, 2.24) is 25.1 Å². The number of nitrogens with zero attached hydrogens (tertiary/aromatic N) is 5. The number of rotatable bonds is 5. The number of hydrogen-bond donors (Lipinski definition) is 0. The molecule has 1 amide bonds. The monoisotopic (exact) mass is 293 g/mol. The Bertz CT molecular complexity index is 523. The first kappa shape index (κ1) is 13.6. The van der Waals surface area contributed by atoms with E-state index in [1.54, 1.807) is 11.7 Å². The van der Waals surface area contributed by atoms with Crippen molar-refractivity contribution in [2.45, 2.75) is 49.7 Å². The van der Waals surface area contributed by atoms with Gasteiger partial charge in [-0.25, -0.2) is 4.68 Å². The van der Waals surface area contributed by atoms with Gasteiger partial charge in [-0.3, -0.25) is 4.79 Å². The third kappa shape index (κ3) is 3.03. The first-order valence-electron chi connectivity index (χ1n) is 7.12. The molecule has 0 aromatic carbocycles. The van der Waals surface area contributed by atoms with Gasteiger partial charge in [-0.05, 0) is 49.0 Å². The third-order valence-electron chi connectivity index (χ3n) is 3.66. The van der Waals surface area contributed by atoms with Crippen molar-refractivity contribution in [1.29, 1.82) is 0 Å². The summed E-state index contributed by atoms with van der Waals surface area (Å²) in [7, 11) is 1.79. The van der Waals surface area contributed by atoms with Crippen LogP contribution >= 0.6 is 11.8 Å². The molecule has 20 heavy (non-hydrogen) atoms. The number of amides is 1. The summed E-state index contributed by atoms with van der Waals surface area (Å²) in [5.74, 6) is 0.593. The number of carbonyl (C=O) groups is 1. The maximum Gasteiger partial charge on any atom is 0.237 e. The van der Waals surface area contributed by atoms with Crippen LogP contribution in [0.3, 0.4) is 0 Å². The zero-order valence-electron chi connectivity index (χ0n) is 11.7. The molecule has 7 heteroatoms. The van der Waals surface area contributed by atoms with E-state index in [1.807, 2.05) is 4.90 Å². The van der Waals surface area contributed by atoms with Gasteiger partial charge in [0.05, 0.1) is 5.75 Å². The maximum atomic E-state index is 12.5. The van der Waals surface area contributed by atoms with E-state index in [0.29, 0.717) is 17.0 Å². The van der Waals surface area contributed by atoms with Gasteiger partial charge in [0.25, 0.3) is 0 Å².